The van der Waals surface area contributed by atoms with Gasteiger partial charge >= 0.3 is 0 Å². The summed E-state index contributed by atoms with van der Waals surface area (Å²) < 4.78 is 0. The molecule has 4 aromatic rings. The fourth-order valence-electron chi connectivity index (χ4n) is 2.41. The molecule has 0 spiro atoms. The molecule has 0 amide bonds. The van der Waals surface area contributed by atoms with Crippen molar-refractivity contribution >= 4 is 44.4 Å². The number of aromatic amines is 1. The van der Waals surface area contributed by atoms with Crippen molar-refractivity contribution in [1.82, 2.24) is 9.97 Å². The van der Waals surface area contributed by atoms with Crippen LogP contribution in [-0.2, 0) is 0 Å². The zero-order chi connectivity index (χ0) is 12.1. The van der Waals surface area contributed by atoms with Gasteiger partial charge in [-0.15, -0.1) is 0 Å². The van der Waals surface area contributed by atoms with Crippen LogP contribution in [0.15, 0.2) is 48.5 Å². The van der Waals surface area contributed by atoms with Crippen LogP contribution in [0.25, 0.3) is 32.8 Å². The molecular weight excluding hydrogens is 244 g/mol. The molecule has 2 aromatic heterocycles. The van der Waals surface area contributed by atoms with Crippen LogP contribution in [0.2, 0.25) is 5.02 Å². The molecule has 2 heterocycles. The Morgan fingerprint density at radius 2 is 1.61 bits per heavy atom. The van der Waals surface area contributed by atoms with Crippen LogP contribution in [0.4, 0.5) is 0 Å². The standard InChI is InChI=1S/C15H9ClN2/c16-13-9-5-1-3-7-11(9)17-14-10-6-2-4-8-12(10)18-15(13)14/h1-8,18H. The van der Waals surface area contributed by atoms with Crippen LogP contribution >= 0.6 is 11.6 Å². The van der Waals surface area contributed by atoms with Crippen molar-refractivity contribution in [2.24, 2.45) is 0 Å². The third-order valence-corrected chi connectivity index (χ3v) is 3.66. The number of nitrogens with one attached hydrogen (secondary N) is 1. The maximum atomic E-state index is 6.47. The normalized spacial score (nSPS) is 11.6. The molecule has 2 nitrogen and oxygen atoms in total. The smallest absolute Gasteiger partial charge is 0.0980 e. The van der Waals surface area contributed by atoms with E-state index in [0.717, 1.165) is 37.9 Å². The molecule has 18 heavy (non-hydrogen) atoms. The van der Waals surface area contributed by atoms with Gasteiger partial charge in [0, 0.05) is 16.3 Å². The Hall–Kier alpha value is -2.06. The second-order valence-electron chi connectivity index (χ2n) is 4.34. The third kappa shape index (κ3) is 1.21. The van der Waals surface area contributed by atoms with Crippen molar-refractivity contribution in [3.05, 3.63) is 53.6 Å². The molecule has 3 heteroatoms. The first-order valence-corrected chi connectivity index (χ1v) is 6.17. The van der Waals surface area contributed by atoms with Gasteiger partial charge in [0.15, 0.2) is 0 Å². The first-order valence-electron chi connectivity index (χ1n) is 5.79. The lowest BCUT2D eigenvalue weighted by Crippen LogP contribution is -1.82. The fraction of sp³-hybridized carbons (Fsp3) is 0. The Morgan fingerprint density at radius 3 is 2.50 bits per heavy atom. The van der Waals surface area contributed by atoms with Gasteiger partial charge in [-0.3, -0.25) is 0 Å². The van der Waals surface area contributed by atoms with Gasteiger partial charge in [0.1, 0.15) is 0 Å². The summed E-state index contributed by atoms with van der Waals surface area (Å²) in [4.78, 5) is 8.05. The average molecular weight is 253 g/mol. The summed E-state index contributed by atoms with van der Waals surface area (Å²) in [6, 6.07) is 16.1. The number of aromatic nitrogens is 2. The van der Waals surface area contributed by atoms with E-state index in [0.29, 0.717) is 0 Å². The van der Waals surface area contributed by atoms with Gasteiger partial charge < -0.3 is 4.98 Å². The van der Waals surface area contributed by atoms with Gasteiger partial charge in [0.05, 0.1) is 21.6 Å². The molecule has 0 aliphatic heterocycles. The van der Waals surface area contributed by atoms with E-state index in [-0.39, 0.29) is 0 Å². The van der Waals surface area contributed by atoms with E-state index in [2.05, 4.69) is 11.1 Å². The van der Waals surface area contributed by atoms with Crippen LogP contribution < -0.4 is 0 Å². The van der Waals surface area contributed by atoms with Crippen LogP contribution in [0.3, 0.4) is 0 Å². The summed E-state index contributed by atoms with van der Waals surface area (Å²) in [6.07, 6.45) is 0. The van der Waals surface area contributed by atoms with Crippen LogP contribution in [0, 0.1) is 0 Å². The van der Waals surface area contributed by atoms with Gasteiger partial charge in [0.25, 0.3) is 0 Å². The van der Waals surface area contributed by atoms with Gasteiger partial charge in [-0.1, -0.05) is 48.0 Å². The highest BCUT2D eigenvalue weighted by Crippen LogP contribution is 2.33. The van der Waals surface area contributed by atoms with Crippen molar-refractivity contribution in [1.29, 1.82) is 0 Å². The monoisotopic (exact) mass is 252 g/mol. The van der Waals surface area contributed by atoms with E-state index >= 15 is 0 Å². The fourth-order valence-corrected chi connectivity index (χ4v) is 2.71. The number of fused-ring (bicyclic) bond motifs is 4. The second-order valence-corrected chi connectivity index (χ2v) is 4.72. The number of H-pyrrole nitrogens is 1. The minimum absolute atomic E-state index is 0.742. The number of para-hydroxylation sites is 2. The molecule has 86 valence electrons. The molecule has 0 saturated carbocycles. The predicted octanol–water partition coefficient (Wildman–Crippen LogP) is 4.52. The Bertz CT molecular complexity index is 893. The molecule has 0 unspecified atom stereocenters. The van der Waals surface area contributed by atoms with Gasteiger partial charge in [-0.05, 0) is 12.1 Å². The highest BCUT2D eigenvalue weighted by Gasteiger charge is 2.11. The third-order valence-electron chi connectivity index (χ3n) is 3.27. The minimum Gasteiger partial charge on any atom is -0.352 e. The lowest BCUT2D eigenvalue weighted by atomic mass is 10.2. The number of hydrogen-bond acceptors (Lipinski definition) is 1. The zero-order valence-corrected chi connectivity index (χ0v) is 10.2. The van der Waals surface area contributed by atoms with Crippen LogP contribution in [0.1, 0.15) is 0 Å². The van der Waals surface area contributed by atoms with Gasteiger partial charge in [0.2, 0.25) is 0 Å². The second kappa shape index (κ2) is 3.47. The van der Waals surface area contributed by atoms with E-state index in [1.54, 1.807) is 0 Å². The number of rotatable bonds is 0. The maximum absolute atomic E-state index is 6.47. The predicted molar refractivity (Wildman–Crippen MR) is 76.1 cm³/mol. The number of halogens is 1. The van der Waals surface area contributed by atoms with Crippen molar-refractivity contribution in [2.75, 3.05) is 0 Å². The highest BCUT2D eigenvalue weighted by molar-refractivity contribution is 6.40. The largest absolute Gasteiger partial charge is 0.352 e. The lowest BCUT2D eigenvalue weighted by Gasteiger charge is -2.01. The molecule has 0 radical (unpaired) electrons. The topological polar surface area (TPSA) is 28.7 Å². The summed E-state index contributed by atoms with van der Waals surface area (Å²) >= 11 is 6.47. The molecule has 2 aromatic carbocycles. The van der Waals surface area contributed by atoms with Crippen molar-refractivity contribution in [2.45, 2.75) is 0 Å². The summed E-state index contributed by atoms with van der Waals surface area (Å²) in [6.45, 7) is 0. The van der Waals surface area contributed by atoms with E-state index in [1.165, 1.54) is 0 Å². The van der Waals surface area contributed by atoms with E-state index in [4.69, 9.17) is 16.6 Å². The Labute approximate surface area is 108 Å². The Kier molecular flexibility index (Phi) is 1.91. The molecule has 4 rings (SSSR count). The van der Waals surface area contributed by atoms with Crippen LogP contribution in [0.5, 0.6) is 0 Å². The molecule has 0 atom stereocenters. The van der Waals surface area contributed by atoms with Gasteiger partial charge in [-0.25, -0.2) is 4.98 Å². The van der Waals surface area contributed by atoms with Crippen molar-refractivity contribution < 1.29 is 0 Å². The molecule has 0 aliphatic carbocycles. The Balaban J connectivity index is 2.33. The van der Waals surface area contributed by atoms with E-state index in [1.807, 2.05) is 42.5 Å². The van der Waals surface area contributed by atoms with Crippen LogP contribution in [-0.4, -0.2) is 9.97 Å². The minimum atomic E-state index is 0.742. The van der Waals surface area contributed by atoms with Crippen molar-refractivity contribution in [3.8, 4) is 0 Å². The Morgan fingerprint density at radius 1 is 0.889 bits per heavy atom. The molecule has 0 saturated heterocycles. The molecule has 0 aliphatic rings. The summed E-state index contributed by atoms with van der Waals surface area (Å²) in [5.41, 5.74) is 3.85. The molecular formula is C15H9ClN2. The SMILES string of the molecule is Clc1c2ccccc2nc2c1[nH]c1ccccc12. The molecule has 1 N–H and O–H groups in total. The molecule has 0 fully saturated rings. The average Bonchev–Trinajstić information content (AvgIpc) is 2.79. The first kappa shape index (κ1) is 9.92. The summed E-state index contributed by atoms with van der Waals surface area (Å²) in [5.74, 6) is 0. The van der Waals surface area contributed by atoms with E-state index in [9.17, 15) is 0 Å². The van der Waals surface area contributed by atoms with Crippen molar-refractivity contribution in [3.63, 3.8) is 0 Å². The number of pyridine rings is 1. The first-order chi connectivity index (χ1) is 8.84. The number of hydrogen-bond donors (Lipinski definition) is 1. The number of nitrogens with zero attached hydrogens (tertiary/aromatic N) is 1. The van der Waals surface area contributed by atoms with Gasteiger partial charge in [-0.2, -0.15) is 0 Å². The summed E-state index contributed by atoms with van der Waals surface area (Å²) in [5, 5.41) is 2.84. The lowest BCUT2D eigenvalue weighted by molar-refractivity contribution is 1.49. The zero-order valence-electron chi connectivity index (χ0n) is 9.44. The number of benzene rings is 2. The van der Waals surface area contributed by atoms with E-state index < -0.39 is 0 Å². The summed E-state index contributed by atoms with van der Waals surface area (Å²) in [7, 11) is 0. The maximum Gasteiger partial charge on any atom is 0.0980 e. The molecule has 0 bridgehead atoms. The quantitative estimate of drug-likeness (QED) is 0.490. The highest BCUT2D eigenvalue weighted by atomic mass is 35.5.